The zero-order chi connectivity index (χ0) is 17.6. The molecule has 1 amide bonds. The normalized spacial score (nSPS) is 15.9. The van der Waals surface area contributed by atoms with Gasteiger partial charge in [-0.3, -0.25) is 9.69 Å². The third-order valence-electron chi connectivity index (χ3n) is 4.50. The number of thiazole rings is 1. The molecule has 3 rings (SSSR count). The van der Waals surface area contributed by atoms with Crippen molar-refractivity contribution in [3.63, 3.8) is 0 Å². The first kappa shape index (κ1) is 17.8. The molecule has 0 spiro atoms. The summed E-state index contributed by atoms with van der Waals surface area (Å²) in [6.07, 6.45) is 2.40. The van der Waals surface area contributed by atoms with E-state index < -0.39 is 0 Å². The molecule has 0 saturated carbocycles. The van der Waals surface area contributed by atoms with Crippen molar-refractivity contribution in [1.82, 2.24) is 15.2 Å². The van der Waals surface area contributed by atoms with E-state index >= 15 is 0 Å². The van der Waals surface area contributed by atoms with Crippen LogP contribution in [-0.4, -0.2) is 42.5 Å². The van der Waals surface area contributed by atoms with E-state index in [1.807, 2.05) is 12.1 Å². The van der Waals surface area contributed by atoms with Crippen molar-refractivity contribution in [2.75, 3.05) is 26.7 Å². The summed E-state index contributed by atoms with van der Waals surface area (Å²) in [6, 6.07) is 8.24. The van der Waals surface area contributed by atoms with E-state index in [0.29, 0.717) is 18.8 Å². The second-order valence-corrected chi connectivity index (χ2v) is 7.02. The number of nitrogens with zero attached hydrogens (tertiary/aromatic N) is 2. The quantitative estimate of drug-likeness (QED) is 0.791. The molecule has 1 atom stereocenters. The van der Waals surface area contributed by atoms with Gasteiger partial charge in [0.1, 0.15) is 16.5 Å². The van der Waals surface area contributed by atoms with Crippen molar-refractivity contribution in [2.24, 2.45) is 5.73 Å². The van der Waals surface area contributed by atoms with Crippen molar-refractivity contribution < 1.29 is 9.53 Å². The van der Waals surface area contributed by atoms with Crippen LogP contribution in [0.5, 0.6) is 5.75 Å². The fourth-order valence-corrected chi connectivity index (χ4v) is 3.78. The minimum atomic E-state index is -0.145. The first-order chi connectivity index (χ1) is 12.2. The molecule has 0 aliphatic carbocycles. The first-order valence-corrected chi connectivity index (χ1v) is 9.40. The number of rotatable bonds is 7. The number of carbonyl (C=O) groups is 1. The van der Waals surface area contributed by atoms with Gasteiger partial charge in [0.05, 0.1) is 13.2 Å². The Bertz CT molecular complexity index is 695. The molecule has 2 heterocycles. The minimum Gasteiger partial charge on any atom is -0.497 e. The molecule has 6 nitrogen and oxygen atoms in total. The Labute approximate surface area is 152 Å². The topological polar surface area (TPSA) is 80.5 Å². The van der Waals surface area contributed by atoms with Crippen LogP contribution >= 0.6 is 11.3 Å². The highest BCUT2D eigenvalue weighted by Crippen LogP contribution is 2.26. The molecule has 0 bridgehead atoms. The Hall–Kier alpha value is -1.96. The Morgan fingerprint density at radius 3 is 2.68 bits per heavy atom. The second kappa shape index (κ2) is 8.42. The second-order valence-electron chi connectivity index (χ2n) is 6.07. The van der Waals surface area contributed by atoms with Crippen LogP contribution in [0.4, 0.5) is 0 Å². The molecule has 0 radical (unpaired) electrons. The highest BCUT2D eigenvalue weighted by atomic mass is 32.1. The number of likely N-dealkylation sites (tertiary alicyclic amines) is 1. The van der Waals surface area contributed by atoms with Gasteiger partial charge in [-0.1, -0.05) is 12.1 Å². The number of aromatic nitrogens is 1. The molecule has 134 valence electrons. The molecule has 1 fully saturated rings. The summed E-state index contributed by atoms with van der Waals surface area (Å²) in [5.41, 5.74) is 7.20. The smallest absolute Gasteiger partial charge is 0.270 e. The molecule has 2 aromatic rings. The summed E-state index contributed by atoms with van der Waals surface area (Å²) in [6.45, 7) is 3.03. The van der Waals surface area contributed by atoms with Gasteiger partial charge in [0.25, 0.3) is 5.91 Å². The Morgan fingerprint density at radius 1 is 1.36 bits per heavy atom. The molecule has 25 heavy (non-hydrogen) atoms. The van der Waals surface area contributed by atoms with Crippen LogP contribution in [0.25, 0.3) is 0 Å². The van der Waals surface area contributed by atoms with Crippen LogP contribution in [-0.2, 0) is 6.54 Å². The summed E-state index contributed by atoms with van der Waals surface area (Å²) in [4.78, 5) is 19.1. The SMILES string of the molecule is COc1ccc(C(CNC(=O)c2csc(CN)n2)N2CCCC2)cc1. The van der Waals surface area contributed by atoms with Crippen LogP contribution in [0.1, 0.15) is 39.9 Å². The molecule has 3 N–H and O–H groups in total. The summed E-state index contributed by atoms with van der Waals surface area (Å²) in [7, 11) is 1.66. The molecule has 1 saturated heterocycles. The predicted octanol–water partition coefficient (Wildman–Crippen LogP) is 2.18. The lowest BCUT2D eigenvalue weighted by Gasteiger charge is -2.28. The number of hydrogen-bond donors (Lipinski definition) is 2. The zero-order valence-corrected chi connectivity index (χ0v) is 15.2. The number of nitrogens with two attached hydrogens (primary N) is 1. The van der Waals surface area contributed by atoms with Gasteiger partial charge in [0.2, 0.25) is 0 Å². The maximum absolute atomic E-state index is 12.4. The van der Waals surface area contributed by atoms with Gasteiger partial charge in [0, 0.05) is 18.5 Å². The summed E-state index contributed by atoms with van der Waals surface area (Å²) in [5, 5.41) is 5.57. The van der Waals surface area contributed by atoms with Crippen LogP contribution in [0.3, 0.4) is 0 Å². The van der Waals surface area contributed by atoms with E-state index in [4.69, 9.17) is 10.5 Å². The van der Waals surface area contributed by atoms with Gasteiger partial charge in [-0.15, -0.1) is 11.3 Å². The molecular weight excluding hydrogens is 336 g/mol. The van der Waals surface area contributed by atoms with E-state index in [9.17, 15) is 4.79 Å². The van der Waals surface area contributed by atoms with Crippen molar-refractivity contribution >= 4 is 17.2 Å². The van der Waals surface area contributed by atoms with E-state index in [1.54, 1.807) is 12.5 Å². The number of carbonyl (C=O) groups excluding carboxylic acids is 1. The largest absolute Gasteiger partial charge is 0.497 e. The van der Waals surface area contributed by atoms with Gasteiger partial charge in [-0.25, -0.2) is 4.98 Å². The Balaban J connectivity index is 1.69. The van der Waals surface area contributed by atoms with E-state index in [-0.39, 0.29) is 11.9 Å². The average molecular weight is 360 g/mol. The number of benzene rings is 1. The summed E-state index contributed by atoms with van der Waals surface area (Å²) in [5.74, 6) is 0.693. The monoisotopic (exact) mass is 360 g/mol. The van der Waals surface area contributed by atoms with Gasteiger partial charge in [-0.2, -0.15) is 0 Å². The number of amides is 1. The third kappa shape index (κ3) is 4.36. The molecular formula is C18H24N4O2S. The minimum absolute atomic E-state index is 0.145. The summed E-state index contributed by atoms with van der Waals surface area (Å²) < 4.78 is 5.24. The van der Waals surface area contributed by atoms with Crippen molar-refractivity contribution in [2.45, 2.75) is 25.4 Å². The molecule has 1 aliphatic rings. The van der Waals surface area contributed by atoms with Crippen molar-refractivity contribution in [3.05, 3.63) is 45.9 Å². The molecule has 1 aliphatic heterocycles. The molecule has 1 unspecified atom stereocenters. The lowest BCUT2D eigenvalue weighted by Crippen LogP contribution is -2.36. The standard InChI is InChI=1S/C18H24N4O2S/c1-24-14-6-4-13(5-7-14)16(22-8-2-3-9-22)11-20-18(23)15-12-25-17(10-19)21-15/h4-7,12,16H,2-3,8-11,19H2,1H3,(H,20,23). The zero-order valence-electron chi connectivity index (χ0n) is 14.4. The fourth-order valence-electron chi connectivity index (χ4n) is 3.13. The van der Waals surface area contributed by atoms with E-state index in [0.717, 1.165) is 23.8 Å². The van der Waals surface area contributed by atoms with Crippen molar-refractivity contribution in [1.29, 1.82) is 0 Å². The predicted molar refractivity (Wildman–Crippen MR) is 98.9 cm³/mol. The molecule has 1 aromatic carbocycles. The first-order valence-electron chi connectivity index (χ1n) is 8.52. The van der Waals surface area contributed by atoms with Gasteiger partial charge in [0.15, 0.2) is 0 Å². The average Bonchev–Trinajstić information content (AvgIpc) is 3.34. The maximum atomic E-state index is 12.4. The third-order valence-corrected chi connectivity index (χ3v) is 5.37. The van der Waals surface area contributed by atoms with E-state index in [1.165, 1.54) is 29.7 Å². The number of nitrogens with one attached hydrogen (secondary N) is 1. The van der Waals surface area contributed by atoms with Gasteiger partial charge in [-0.05, 0) is 43.6 Å². The van der Waals surface area contributed by atoms with Crippen molar-refractivity contribution in [3.8, 4) is 5.75 Å². The highest BCUT2D eigenvalue weighted by molar-refractivity contribution is 7.09. The van der Waals surface area contributed by atoms with E-state index in [2.05, 4.69) is 27.3 Å². The number of methoxy groups -OCH3 is 1. The van der Waals surface area contributed by atoms with Crippen LogP contribution in [0, 0.1) is 0 Å². The maximum Gasteiger partial charge on any atom is 0.270 e. The lowest BCUT2D eigenvalue weighted by atomic mass is 10.1. The van der Waals surface area contributed by atoms with Gasteiger partial charge < -0.3 is 15.8 Å². The summed E-state index contributed by atoms with van der Waals surface area (Å²) >= 11 is 1.42. The Morgan fingerprint density at radius 2 is 2.08 bits per heavy atom. The number of hydrogen-bond acceptors (Lipinski definition) is 6. The lowest BCUT2D eigenvalue weighted by molar-refractivity contribution is 0.0933. The van der Waals surface area contributed by atoms with Crippen LogP contribution in [0.2, 0.25) is 0 Å². The molecule has 7 heteroatoms. The fraction of sp³-hybridized carbons (Fsp3) is 0.444. The van der Waals surface area contributed by atoms with Crippen LogP contribution < -0.4 is 15.8 Å². The highest BCUT2D eigenvalue weighted by Gasteiger charge is 2.24. The number of ether oxygens (including phenoxy) is 1. The van der Waals surface area contributed by atoms with Crippen LogP contribution in [0.15, 0.2) is 29.6 Å². The molecule has 1 aromatic heterocycles. The van der Waals surface area contributed by atoms with Gasteiger partial charge >= 0.3 is 0 Å². The Kier molecular flexibility index (Phi) is 6.01.